The summed E-state index contributed by atoms with van der Waals surface area (Å²) >= 11 is 0. The Morgan fingerprint density at radius 1 is 1.19 bits per heavy atom. The van der Waals surface area contributed by atoms with Crippen molar-refractivity contribution in [3.8, 4) is 0 Å². The van der Waals surface area contributed by atoms with Crippen LogP contribution in [-0.2, 0) is 10.0 Å². The number of rotatable bonds is 3. The molecule has 0 aliphatic rings. The van der Waals surface area contributed by atoms with Crippen LogP contribution in [0.15, 0.2) is 29.2 Å². The van der Waals surface area contributed by atoms with Gasteiger partial charge >= 0.3 is 12.0 Å². The van der Waals surface area contributed by atoms with E-state index in [0.29, 0.717) is 0 Å². The number of carboxylic acids is 1. The summed E-state index contributed by atoms with van der Waals surface area (Å²) in [7, 11) is -4.02. The van der Waals surface area contributed by atoms with Gasteiger partial charge in [0.1, 0.15) is 0 Å². The SMILES string of the molecule is NC(=O)NS(=O)(=O)c1ccc(C(=O)O)cc1. The van der Waals surface area contributed by atoms with Crippen LogP contribution < -0.4 is 10.5 Å². The molecule has 86 valence electrons. The van der Waals surface area contributed by atoms with Crippen LogP contribution in [0, 0.1) is 0 Å². The third-order valence-corrected chi connectivity index (χ3v) is 3.01. The third kappa shape index (κ3) is 2.70. The van der Waals surface area contributed by atoms with Gasteiger partial charge in [0.2, 0.25) is 0 Å². The highest BCUT2D eigenvalue weighted by Crippen LogP contribution is 2.10. The monoisotopic (exact) mass is 244 g/mol. The van der Waals surface area contributed by atoms with Gasteiger partial charge in [-0.15, -0.1) is 0 Å². The van der Waals surface area contributed by atoms with Gasteiger partial charge in [-0.3, -0.25) is 0 Å². The van der Waals surface area contributed by atoms with Gasteiger partial charge in [0.15, 0.2) is 0 Å². The zero-order valence-corrected chi connectivity index (χ0v) is 8.69. The van der Waals surface area contributed by atoms with Gasteiger partial charge in [0, 0.05) is 0 Å². The Balaban J connectivity index is 3.07. The van der Waals surface area contributed by atoms with Gasteiger partial charge in [-0.2, -0.15) is 0 Å². The smallest absolute Gasteiger partial charge is 0.335 e. The Morgan fingerprint density at radius 2 is 1.69 bits per heavy atom. The summed E-state index contributed by atoms with van der Waals surface area (Å²) in [5, 5.41) is 8.58. The first-order valence-electron chi connectivity index (χ1n) is 3.98. The first-order valence-corrected chi connectivity index (χ1v) is 5.47. The number of hydrogen-bond donors (Lipinski definition) is 3. The maximum Gasteiger partial charge on any atom is 0.335 e. The van der Waals surface area contributed by atoms with Crippen molar-refractivity contribution in [2.45, 2.75) is 4.90 Å². The lowest BCUT2D eigenvalue weighted by Gasteiger charge is -2.04. The largest absolute Gasteiger partial charge is 0.478 e. The summed E-state index contributed by atoms with van der Waals surface area (Å²) in [4.78, 5) is 20.7. The van der Waals surface area contributed by atoms with E-state index < -0.39 is 22.0 Å². The van der Waals surface area contributed by atoms with Crippen molar-refractivity contribution in [3.05, 3.63) is 29.8 Å². The summed E-state index contributed by atoms with van der Waals surface area (Å²) in [6, 6.07) is 3.14. The number of nitrogens with one attached hydrogen (secondary N) is 1. The van der Waals surface area contributed by atoms with Crippen LogP contribution in [0.2, 0.25) is 0 Å². The molecule has 0 aliphatic carbocycles. The molecule has 0 saturated heterocycles. The molecule has 1 aromatic carbocycles. The van der Waals surface area contributed by atoms with Crippen LogP contribution in [0.25, 0.3) is 0 Å². The third-order valence-electron chi connectivity index (χ3n) is 1.65. The summed E-state index contributed by atoms with van der Waals surface area (Å²) in [5.41, 5.74) is 4.61. The first kappa shape index (κ1) is 12.0. The number of carbonyl (C=O) groups excluding carboxylic acids is 1. The zero-order valence-electron chi connectivity index (χ0n) is 7.88. The highest BCUT2D eigenvalue weighted by atomic mass is 32.2. The molecule has 0 aromatic heterocycles. The summed E-state index contributed by atoms with van der Waals surface area (Å²) in [6.45, 7) is 0. The molecule has 16 heavy (non-hydrogen) atoms. The van der Waals surface area contributed by atoms with E-state index >= 15 is 0 Å². The molecular formula is C8H8N2O5S. The number of carboxylic acid groups (broad SMARTS) is 1. The van der Waals surface area contributed by atoms with Gasteiger partial charge in [-0.05, 0) is 24.3 Å². The van der Waals surface area contributed by atoms with E-state index in [1.165, 1.54) is 0 Å². The van der Waals surface area contributed by atoms with Crippen molar-refractivity contribution < 1.29 is 23.1 Å². The van der Waals surface area contributed by atoms with E-state index in [9.17, 15) is 18.0 Å². The molecule has 0 unspecified atom stereocenters. The number of amides is 2. The van der Waals surface area contributed by atoms with Crippen molar-refractivity contribution in [3.63, 3.8) is 0 Å². The second kappa shape index (κ2) is 4.19. The lowest BCUT2D eigenvalue weighted by atomic mass is 10.2. The zero-order chi connectivity index (χ0) is 12.3. The maximum atomic E-state index is 11.4. The van der Waals surface area contributed by atoms with E-state index in [2.05, 4.69) is 5.73 Å². The lowest BCUT2D eigenvalue weighted by molar-refractivity contribution is 0.0696. The Morgan fingerprint density at radius 3 is 2.06 bits per heavy atom. The highest BCUT2D eigenvalue weighted by molar-refractivity contribution is 7.90. The van der Waals surface area contributed by atoms with Crippen molar-refractivity contribution >= 4 is 22.0 Å². The van der Waals surface area contributed by atoms with Gasteiger partial charge < -0.3 is 10.8 Å². The Labute approximate surface area is 90.9 Å². The first-order chi connectivity index (χ1) is 7.33. The minimum atomic E-state index is -4.02. The normalized spacial score (nSPS) is 10.8. The fourth-order valence-corrected chi connectivity index (χ4v) is 1.85. The van der Waals surface area contributed by atoms with Crippen molar-refractivity contribution in [2.75, 3.05) is 0 Å². The minimum absolute atomic E-state index is 0.0574. The molecule has 0 aliphatic heterocycles. The van der Waals surface area contributed by atoms with Crippen molar-refractivity contribution in [1.29, 1.82) is 0 Å². The Bertz CT molecular complexity index is 520. The molecule has 0 atom stereocenters. The van der Waals surface area contributed by atoms with Crippen LogP contribution in [0.1, 0.15) is 10.4 Å². The molecule has 1 aromatic rings. The summed E-state index contributed by atoms with van der Waals surface area (Å²) in [5.74, 6) is -1.17. The van der Waals surface area contributed by atoms with E-state index in [0.717, 1.165) is 24.3 Å². The highest BCUT2D eigenvalue weighted by Gasteiger charge is 2.16. The molecular weight excluding hydrogens is 236 g/mol. The number of urea groups is 1. The number of nitrogens with two attached hydrogens (primary N) is 1. The number of primary amides is 1. The predicted octanol–water partition coefficient (Wildman–Crippen LogP) is -0.258. The van der Waals surface area contributed by atoms with E-state index in [1.807, 2.05) is 0 Å². The molecule has 2 amide bonds. The number of sulfonamides is 1. The van der Waals surface area contributed by atoms with Crippen LogP contribution in [0.3, 0.4) is 0 Å². The van der Waals surface area contributed by atoms with Crippen LogP contribution in [-0.4, -0.2) is 25.5 Å². The topological polar surface area (TPSA) is 127 Å². The van der Waals surface area contributed by atoms with Crippen LogP contribution in [0.5, 0.6) is 0 Å². The minimum Gasteiger partial charge on any atom is -0.478 e. The number of hydrogen-bond acceptors (Lipinski definition) is 4. The summed E-state index contributed by atoms with van der Waals surface area (Å²) in [6.07, 6.45) is 0. The molecule has 1 rings (SSSR count). The Hall–Kier alpha value is -2.09. The Kier molecular flexibility index (Phi) is 3.14. The van der Waals surface area contributed by atoms with Crippen LogP contribution >= 0.6 is 0 Å². The van der Waals surface area contributed by atoms with E-state index in [1.54, 1.807) is 4.72 Å². The van der Waals surface area contributed by atoms with E-state index in [-0.39, 0.29) is 10.5 Å². The standard InChI is InChI=1S/C8H8N2O5S/c9-8(13)10-16(14,15)6-3-1-5(2-4-6)7(11)12/h1-4H,(H,11,12)(H3,9,10,13). The van der Waals surface area contributed by atoms with Gasteiger partial charge in [-0.25, -0.2) is 22.7 Å². The van der Waals surface area contributed by atoms with Crippen molar-refractivity contribution in [1.82, 2.24) is 4.72 Å². The lowest BCUT2D eigenvalue weighted by Crippen LogP contribution is -2.34. The quantitative estimate of drug-likeness (QED) is 0.675. The van der Waals surface area contributed by atoms with Crippen molar-refractivity contribution in [2.24, 2.45) is 5.73 Å². The molecule has 0 saturated carbocycles. The molecule has 0 spiro atoms. The fraction of sp³-hybridized carbons (Fsp3) is 0. The van der Waals surface area contributed by atoms with Gasteiger partial charge in [-0.1, -0.05) is 0 Å². The molecule has 0 fully saturated rings. The number of aromatic carboxylic acids is 1. The van der Waals surface area contributed by atoms with Crippen LogP contribution in [0.4, 0.5) is 4.79 Å². The maximum absolute atomic E-state index is 11.4. The molecule has 0 heterocycles. The number of benzene rings is 1. The molecule has 0 bridgehead atoms. The average Bonchev–Trinajstić information content (AvgIpc) is 2.16. The fourth-order valence-electron chi connectivity index (χ4n) is 0.968. The average molecular weight is 244 g/mol. The second-order valence-electron chi connectivity index (χ2n) is 2.80. The molecule has 4 N–H and O–H groups in total. The van der Waals surface area contributed by atoms with Gasteiger partial charge in [0.25, 0.3) is 10.0 Å². The molecule has 7 nitrogen and oxygen atoms in total. The summed E-state index contributed by atoms with van der Waals surface area (Å²) < 4.78 is 24.3. The second-order valence-corrected chi connectivity index (χ2v) is 4.48. The number of carbonyl (C=O) groups is 2. The molecule has 0 radical (unpaired) electrons. The van der Waals surface area contributed by atoms with Gasteiger partial charge in [0.05, 0.1) is 10.5 Å². The van der Waals surface area contributed by atoms with E-state index in [4.69, 9.17) is 5.11 Å². The molecule has 8 heteroatoms. The predicted molar refractivity (Wildman–Crippen MR) is 53.3 cm³/mol.